The molecule has 0 radical (unpaired) electrons. The molecule has 2 aliphatic heterocycles. The number of hydrogen-bond acceptors (Lipinski definition) is 6. The molecule has 1 aromatic heterocycles. The highest BCUT2D eigenvalue weighted by molar-refractivity contribution is 5.99. The summed E-state index contributed by atoms with van der Waals surface area (Å²) in [6, 6.07) is 9.01. The maximum absolute atomic E-state index is 12.0. The molecule has 28 heavy (non-hydrogen) atoms. The number of amides is 1. The van der Waals surface area contributed by atoms with Crippen LogP contribution in [0.2, 0.25) is 0 Å². The minimum Gasteiger partial charge on any atom is -0.477 e. The van der Waals surface area contributed by atoms with Gasteiger partial charge in [-0.15, -0.1) is 0 Å². The SMILES string of the molecule is CC(=O)N1CC[C@]2(O)CCN(c3noc(-c4ccccc4)c3C(=O)O)C[C@@H]2C1. The largest absolute Gasteiger partial charge is 0.477 e. The Morgan fingerprint density at radius 1 is 1.18 bits per heavy atom. The minimum atomic E-state index is -1.11. The summed E-state index contributed by atoms with van der Waals surface area (Å²) in [5.41, 5.74) is -0.166. The molecule has 2 N–H and O–H groups in total. The highest BCUT2D eigenvalue weighted by Gasteiger charge is 2.46. The Kier molecular flexibility index (Phi) is 4.58. The smallest absolute Gasteiger partial charge is 0.343 e. The maximum atomic E-state index is 12.0. The van der Waals surface area contributed by atoms with E-state index in [0.29, 0.717) is 44.6 Å². The number of carbonyl (C=O) groups is 2. The van der Waals surface area contributed by atoms with Gasteiger partial charge in [0.05, 0.1) is 5.60 Å². The normalized spacial score (nSPS) is 24.7. The van der Waals surface area contributed by atoms with Gasteiger partial charge in [0, 0.05) is 44.6 Å². The fraction of sp³-hybridized carbons (Fsp3) is 0.450. The monoisotopic (exact) mass is 385 g/mol. The second kappa shape index (κ2) is 6.94. The molecule has 3 heterocycles. The number of carboxylic acids is 1. The number of fused-ring (bicyclic) bond motifs is 1. The first-order valence-electron chi connectivity index (χ1n) is 9.40. The lowest BCUT2D eigenvalue weighted by Gasteiger charge is -2.50. The van der Waals surface area contributed by atoms with Crippen molar-refractivity contribution in [1.82, 2.24) is 10.1 Å². The van der Waals surface area contributed by atoms with Gasteiger partial charge in [0.1, 0.15) is 0 Å². The number of anilines is 1. The summed E-state index contributed by atoms with van der Waals surface area (Å²) in [7, 11) is 0. The van der Waals surface area contributed by atoms with E-state index in [-0.39, 0.29) is 29.0 Å². The van der Waals surface area contributed by atoms with Crippen LogP contribution in [0, 0.1) is 5.92 Å². The van der Waals surface area contributed by atoms with Crippen molar-refractivity contribution < 1.29 is 24.3 Å². The molecular formula is C20H23N3O5. The summed E-state index contributed by atoms with van der Waals surface area (Å²) >= 11 is 0. The zero-order chi connectivity index (χ0) is 19.9. The van der Waals surface area contributed by atoms with Crippen LogP contribution in [0.4, 0.5) is 5.82 Å². The van der Waals surface area contributed by atoms with Crippen LogP contribution in [0.3, 0.4) is 0 Å². The zero-order valence-electron chi connectivity index (χ0n) is 15.7. The van der Waals surface area contributed by atoms with E-state index >= 15 is 0 Å². The van der Waals surface area contributed by atoms with E-state index in [1.807, 2.05) is 23.1 Å². The van der Waals surface area contributed by atoms with E-state index in [2.05, 4.69) is 5.16 Å². The average molecular weight is 385 g/mol. The topological polar surface area (TPSA) is 107 Å². The molecule has 2 saturated heterocycles. The zero-order valence-corrected chi connectivity index (χ0v) is 15.7. The van der Waals surface area contributed by atoms with Crippen LogP contribution in [0.25, 0.3) is 11.3 Å². The van der Waals surface area contributed by atoms with Gasteiger partial charge < -0.3 is 24.5 Å². The van der Waals surface area contributed by atoms with Crippen molar-refractivity contribution in [2.24, 2.45) is 5.92 Å². The van der Waals surface area contributed by atoms with Gasteiger partial charge in [0.15, 0.2) is 17.1 Å². The molecule has 4 rings (SSSR count). The van der Waals surface area contributed by atoms with Gasteiger partial charge in [0.25, 0.3) is 0 Å². The van der Waals surface area contributed by atoms with Gasteiger partial charge in [-0.05, 0) is 12.8 Å². The van der Waals surface area contributed by atoms with E-state index in [9.17, 15) is 19.8 Å². The van der Waals surface area contributed by atoms with Crippen LogP contribution in [-0.4, -0.2) is 63.9 Å². The molecule has 0 aliphatic carbocycles. The molecule has 0 saturated carbocycles. The molecular weight excluding hydrogens is 362 g/mol. The maximum Gasteiger partial charge on any atom is 0.343 e. The molecule has 148 valence electrons. The molecule has 2 fully saturated rings. The van der Waals surface area contributed by atoms with E-state index in [1.54, 1.807) is 17.0 Å². The number of carboxylic acid groups (broad SMARTS) is 1. The Morgan fingerprint density at radius 3 is 2.57 bits per heavy atom. The van der Waals surface area contributed by atoms with E-state index in [1.165, 1.54) is 6.92 Å². The van der Waals surface area contributed by atoms with Crippen molar-refractivity contribution in [2.45, 2.75) is 25.4 Å². The summed E-state index contributed by atoms with van der Waals surface area (Å²) in [4.78, 5) is 27.3. The number of aromatic carboxylic acids is 1. The highest BCUT2D eigenvalue weighted by atomic mass is 16.5. The van der Waals surface area contributed by atoms with Gasteiger partial charge in [-0.25, -0.2) is 4.79 Å². The van der Waals surface area contributed by atoms with Crippen molar-refractivity contribution in [3.63, 3.8) is 0 Å². The summed E-state index contributed by atoms with van der Waals surface area (Å²) < 4.78 is 5.42. The van der Waals surface area contributed by atoms with Gasteiger partial charge in [-0.1, -0.05) is 35.5 Å². The lowest BCUT2D eigenvalue weighted by atomic mass is 9.75. The molecule has 0 spiro atoms. The molecule has 2 aromatic rings. The third kappa shape index (κ3) is 3.13. The number of hydrogen-bond donors (Lipinski definition) is 2. The first-order valence-corrected chi connectivity index (χ1v) is 9.40. The fourth-order valence-electron chi connectivity index (χ4n) is 4.26. The average Bonchev–Trinajstić information content (AvgIpc) is 3.13. The van der Waals surface area contributed by atoms with Crippen molar-refractivity contribution in [3.05, 3.63) is 35.9 Å². The number of carbonyl (C=O) groups excluding carboxylic acids is 1. The van der Waals surface area contributed by atoms with E-state index in [4.69, 9.17) is 4.52 Å². The van der Waals surface area contributed by atoms with E-state index < -0.39 is 11.6 Å². The number of aromatic nitrogens is 1. The molecule has 1 amide bonds. The van der Waals surface area contributed by atoms with Crippen molar-refractivity contribution in [3.8, 4) is 11.3 Å². The number of rotatable bonds is 3. The number of piperidine rings is 2. The van der Waals surface area contributed by atoms with Crippen LogP contribution in [-0.2, 0) is 4.79 Å². The summed E-state index contributed by atoms with van der Waals surface area (Å²) in [5, 5.41) is 24.8. The van der Waals surface area contributed by atoms with Crippen molar-refractivity contribution in [2.75, 3.05) is 31.1 Å². The van der Waals surface area contributed by atoms with Crippen LogP contribution in [0.1, 0.15) is 30.1 Å². The lowest BCUT2D eigenvalue weighted by Crippen LogP contribution is -2.60. The number of nitrogens with zero attached hydrogens (tertiary/aromatic N) is 3. The molecule has 2 aliphatic rings. The third-order valence-corrected chi connectivity index (χ3v) is 5.94. The van der Waals surface area contributed by atoms with Crippen LogP contribution in [0.15, 0.2) is 34.9 Å². The van der Waals surface area contributed by atoms with Crippen LogP contribution >= 0.6 is 0 Å². The lowest BCUT2D eigenvalue weighted by molar-refractivity contribution is -0.139. The molecule has 2 atom stereocenters. The van der Waals surface area contributed by atoms with Crippen molar-refractivity contribution >= 4 is 17.7 Å². The van der Waals surface area contributed by atoms with Gasteiger partial charge in [0.2, 0.25) is 5.91 Å². The summed E-state index contributed by atoms with van der Waals surface area (Å²) in [6.07, 6.45) is 1.03. The summed E-state index contributed by atoms with van der Waals surface area (Å²) in [5.74, 6) is -0.799. The predicted octanol–water partition coefficient (Wildman–Crippen LogP) is 1.85. The highest BCUT2D eigenvalue weighted by Crippen LogP contribution is 2.39. The predicted molar refractivity (Wildman–Crippen MR) is 101 cm³/mol. The van der Waals surface area contributed by atoms with Gasteiger partial charge in [-0.3, -0.25) is 4.79 Å². The molecule has 8 heteroatoms. The van der Waals surface area contributed by atoms with Crippen molar-refractivity contribution in [1.29, 1.82) is 0 Å². The van der Waals surface area contributed by atoms with Crippen LogP contribution in [0.5, 0.6) is 0 Å². The molecule has 0 unspecified atom stereocenters. The Bertz CT molecular complexity index is 897. The standard InChI is InChI=1S/C20H23N3O5/c1-13(24)22-9-7-20(27)8-10-23(12-15(20)11-22)18-16(19(25)26)17(28-21-18)14-5-3-2-4-6-14/h2-6,15,27H,7-12H2,1H3,(H,25,26)/t15-,20-/m0/s1. The van der Waals surface area contributed by atoms with Gasteiger partial charge in [-0.2, -0.15) is 0 Å². The Hall–Kier alpha value is -2.87. The quantitative estimate of drug-likeness (QED) is 0.830. The van der Waals surface area contributed by atoms with Gasteiger partial charge >= 0.3 is 5.97 Å². The molecule has 1 aromatic carbocycles. The first-order chi connectivity index (χ1) is 13.4. The second-order valence-corrected chi connectivity index (χ2v) is 7.59. The fourth-order valence-corrected chi connectivity index (χ4v) is 4.26. The summed E-state index contributed by atoms with van der Waals surface area (Å²) in [6.45, 7) is 3.42. The number of likely N-dealkylation sites (tertiary alicyclic amines) is 1. The Labute approximate surface area is 162 Å². The Morgan fingerprint density at radius 2 is 1.89 bits per heavy atom. The second-order valence-electron chi connectivity index (χ2n) is 7.59. The third-order valence-electron chi connectivity index (χ3n) is 5.94. The first kappa shape index (κ1) is 18.5. The molecule has 0 bridgehead atoms. The Balaban J connectivity index is 1.64. The van der Waals surface area contributed by atoms with E-state index in [0.717, 1.165) is 0 Å². The van der Waals surface area contributed by atoms with Crippen LogP contribution < -0.4 is 4.90 Å². The number of aliphatic hydroxyl groups is 1. The molecule has 8 nitrogen and oxygen atoms in total. The minimum absolute atomic E-state index is 0.0156. The number of benzene rings is 1.